The summed E-state index contributed by atoms with van der Waals surface area (Å²) in [6.07, 6.45) is 0.364. The van der Waals surface area contributed by atoms with Crippen LogP contribution in [0.3, 0.4) is 0 Å². The Morgan fingerprint density at radius 3 is 2.48 bits per heavy atom. The lowest BCUT2D eigenvalue weighted by Gasteiger charge is -2.12. The van der Waals surface area contributed by atoms with Gasteiger partial charge in [-0.25, -0.2) is 4.68 Å². The van der Waals surface area contributed by atoms with Gasteiger partial charge in [0.05, 0.1) is 5.39 Å². The Kier molecular flexibility index (Phi) is 4.74. The van der Waals surface area contributed by atoms with E-state index in [-0.39, 0.29) is 23.8 Å². The Balaban J connectivity index is 1.76. The van der Waals surface area contributed by atoms with Crippen LogP contribution in [0, 0.1) is 13.8 Å². The Morgan fingerprint density at radius 1 is 1.08 bits per heavy atom. The van der Waals surface area contributed by atoms with E-state index >= 15 is 0 Å². The number of aromatic nitrogens is 3. The first-order valence-electron chi connectivity index (χ1n) is 8.36. The molecule has 3 rings (SSSR count). The van der Waals surface area contributed by atoms with Crippen molar-refractivity contribution >= 4 is 16.7 Å². The summed E-state index contributed by atoms with van der Waals surface area (Å²) in [7, 11) is 0. The third kappa shape index (κ3) is 3.82. The summed E-state index contributed by atoms with van der Waals surface area (Å²) in [6.45, 7) is 5.91. The summed E-state index contributed by atoms with van der Waals surface area (Å²) in [5.41, 5.74) is 3.56. The predicted molar refractivity (Wildman–Crippen MR) is 97.8 cm³/mol. The van der Waals surface area contributed by atoms with E-state index in [4.69, 9.17) is 0 Å². The van der Waals surface area contributed by atoms with E-state index < -0.39 is 0 Å². The lowest BCUT2D eigenvalue weighted by atomic mass is 9.95. The van der Waals surface area contributed by atoms with Crippen molar-refractivity contribution < 1.29 is 4.79 Å². The molecule has 128 valence electrons. The van der Waals surface area contributed by atoms with Crippen LogP contribution in [0.25, 0.3) is 10.9 Å². The van der Waals surface area contributed by atoms with Crippen LogP contribution in [0.5, 0.6) is 0 Å². The highest BCUT2D eigenvalue weighted by atomic mass is 16.1. The number of carbonyl (C=O) groups is 1. The molecule has 0 N–H and O–H groups in total. The lowest BCUT2D eigenvalue weighted by Crippen LogP contribution is -2.28. The molecule has 0 aliphatic carbocycles. The summed E-state index contributed by atoms with van der Waals surface area (Å²) < 4.78 is 1.16. The normalized spacial score (nSPS) is 12.3. The fourth-order valence-electron chi connectivity index (χ4n) is 2.88. The van der Waals surface area contributed by atoms with Crippen LogP contribution in [0.15, 0.2) is 47.3 Å². The number of hydrogen-bond donors (Lipinski definition) is 0. The van der Waals surface area contributed by atoms with Gasteiger partial charge in [0.15, 0.2) is 5.78 Å². The van der Waals surface area contributed by atoms with E-state index in [2.05, 4.69) is 10.3 Å². The molecule has 25 heavy (non-hydrogen) atoms. The number of benzene rings is 2. The van der Waals surface area contributed by atoms with Crippen molar-refractivity contribution in [1.82, 2.24) is 15.0 Å². The van der Waals surface area contributed by atoms with E-state index in [0.29, 0.717) is 17.3 Å². The number of rotatable bonds is 5. The van der Waals surface area contributed by atoms with E-state index in [1.807, 2.05) is 51.1 Å². The first kappa shape index (κ1) is 17.0. The minimum absolute atomic E-state index is 0.0310. The van der Waals surface area contributed by atoms with Gasteiger partial charge in [0.2, 0.25) is 0 Å². The molecule has 0 amide bonds. The van der Waals surface area contributed by atoms with Crippen LogP contribution < -0.4 is 5.56 Å². The van der Waals surface area contributed by atoms with Gasteiger partial charge in [0, 0.05) is 6.42 Å². The van der Waals surface area contributed by atoms with E-state index in [1.165, 1.54) is 5.56 Å². The Hall–Kier alpha value is -2.82. The Morgan fingerprint density at radius 2 is 1.76 bits per heavy atom. The molecule has 2 aromatic carbocycles. The average molecular weight is 335 g/mol. The van der Waals surface area contributed by atoms with Gasteiger partial charge in [-0.1, -0.05) is 53.6 Å². The predicted octanol–water partition coefficient (Wildman–Crippen LogP) is 3.17. The molecule has 1 atom stereocenters. The largest absolute Gasteiger partial charge is 0.298 e. The standard InChI is InChI=1S/C20H21N3O2/c1-13-4-7-16(8-5-13)15(3)11-17(24)12-23-20(25)18-10-14(2)6-9-19(18)21-22-23/h4-10,15H,11-12H2,1-3H3/t15-/m1/s1. The Bertz CT molecular complexity index is 974. The maximum Gasteiger partial charge on any atom is 0.278 e. The fourth-order valence-corrected chi connectivity index (χ4v) is 2.88. The van der Waals surface area contributed by atoms with Crippen LogP contribution in [0.1, 0.15) is 36.0 Å². The van der Waals surface area contributed by atoms with E-state index in [9.17, 15) is 9.59 Å². The molecule has 0 bridgehead atoms. The molecule has 0 aliphatic rings. The molecule has 0 spiro atoms. The highest BCUT2D eigenvalue weighted by Crippen LogP contribution is 2.20. The smallest absolute Gasteiger partial charge is 0.278 e. The number of hydrogen-bond acceptors (Lipinski definition) is 4. The first-order valence-corrected chi connectivity index (χ1v) is 8.36. The lowest BCUT2D eigenvalue weighted by molar-refractivity contribution is -0.120. The number of nitrogens with zero attached hydrogens (tertiary/aromatic N) is 3. The van der Waals surface area contributed by atoms with Crippen molar-refractivity contribution in [2.75, 3.05) is 0 Å². The zero-order valence-corrected chi connectivity index (χ0v) is 14.7. The van der Waals surface area contributed by atoms with Gasteiger partial charge < -0.3 is 0 Å². The van der Waals surface area contributed by atoms with Crippen molar-refractivity contribution in [2.24, 2.45) is 0 Å². The molecule has 0 aliphatic heterocycles. The van der Waals surface area contributed by atoms with Gasteiger partial charge in [0.25, 0.3) is 5.56 Å². The van der Waals surface area contributed by atoms with Crippen LogP contribution in [0.4, 0.5) is 0 Å². The summed E-state index contributed by atoms with van der Waals surface area (Å²) in [6, 6.07) is 13.6. The van der Waals surface area contributed by atoms with Gasteiger partial charge in [0.1, 0.15) is 12.1 Å². The number of ketones is 1. The molecule has 1 aromatic heterocycles. The quantitative estimate of drug-likeness (QED) is 0.718. The third-order valence-corrected chi connectivity index (χ3v) is 4.38. The van der Waals surface area contributed by atoms with Crippen molar-refractivity contribution in [3.05, 3.63) is 69.5 Å². The molecule has 0 unspecified atom stereocenters. The molecule has 5 nitrogen and oxygen atoms in total. The SMILES string of the molecule is Cc1ccc([C@H](C)CC(=O)Cn2nnc3ccc(C)cc3c2=O)cc1. The molecule has 0 saturated heterocycles. The zero-order valence-electron chi connectivity index (χ0n) is 14.7. The zero-order chi connectivity index (χ0) is 18.0. The first-order chi connectivity index (χ1) is 11.9. The fraction of sp³-hybridized carbons (Fsp3) is 0.300. The number of aryl methyl sites for hydroxylation is 2. The highest BCUT2D eigenvalue weighted by Gasteiger charge is 2.14. The maximum absolute atomic E-state index is 12.5. The van der Waals surface area contributed by atoms with Crippen molar-refractivity contribution in [1.29, 1.82) is 0 Å². The molecule has 3 aromatic rings. The molecular formula is C20H21N3O2. The van der Waals surface area contributed by atoms with Crippen molar-refractivity contribution in [3.63, 3.8) is 0 Å². The van der Waals surface area contributed by atoms with Gasteiger partial charge in [-0.2, -0.15) is 0 Å². The summed E-state index contributed by atoms with van der Waals surface area (Å²) in [5, 5.41) is 8.44. The van der Waals surface area contributed by atoms with E-state index in [0.717, 1.165) is 15.8 Å². The van der Waals surface area contributed by atoms with Gasteiger partial charge in [-0.05, 0) is 37.5 Å². The minimum atomic E-state index is -0.273. The molecule has 0 fully saturated rings. The van der Waals surface area contributed by atoms with E-state index in [1.54, 1.807) is 12.1 Å². The second kappa shape index (κ2) is 6.97. The summed E-state index contributed by atoms with van der Waals surface area (Å²) in [4.78, 5) is 24.9. The molecule has 0 radical (unpaired) electrons. The number of fused-ring (bicyclic) bond motifs is 1. The van der Waals surface area contributed by atoms with Gasteiger partial charge in [-0.3, -0.25) is 9.59 Å². The average Bonchev–Trinajstić information content (AvgIpc) is 2.58. The molecule has 1 heterocycles. The summed E-state index contributed by atoms with van der Waals surface area (Å²) in [5.74, 6) is 0.0657. The van der Waals surface area contributed by atoms with Crippen LogP contribution in [-0.4, -0.2) is 20.8 Å². The highest BCUT2D eigenvalue weighted by molar-refractivity contribution is 5.80. The van der Waals surface area contributed by atoms with Crippen LogP contribution >= 0.6 is 0 Å². The number of carbonyl (C=O) groups excluding carboxylic acids is 1. The Labute approximate surface area is 146 Å². The van der Waals surface area contributed by atoms with Crippen molar-refractivity contribution in [2.45, 2.75) is 39.7 Å². The minimum Gasteiger partial charge on any atom is -0.298 e. The topological polar surface area (TPSA) is 64.8 Å². The maximum atomic E-state index is 12.5. The second-order valence-electron chi connectivity index (χ2n) is 6.63. The van der Waals surface area contributed by atoms with Crippen molar-refractivity contribution in [3.8, 4) is 0 Å². The van der Waals surface area contributed by atoms with Gasteiger partial charge in [-0.15, -0.1) is 5.10 Å². The molecule has 0 saturated carbocycles. The second-order valence-corrected chi connectivity index (χ2v) is 6.63. The monoisotopic (exact) mass is 335 g/mol. The van der Waals surface area contributed by atoms with Gasteiger partial charge >= 0.3 is 0 Å². The third-order valence-electron chi connectivity index (χ3n) is 4.38. The van der Waals surface area contributed by atoms with Crippen LogP contribution in [-0.2, 0) is 11.3 Å². The van der Waals surface area contributed by atoms with Crippen LogP contribution in [0.2, 0.25) is 0 Å². The molecule has 5 heteroatoms. The number of Topliss-reactive ketones (excluding diaryl/α,β-unsaturated/α-hetero) is 1. The summed E-state index contributed by atoms with van der Waals surface area (Å²) >= 11 is 0. The molecular weight excluding hydrogens is 314 g/mol.